The largest absolute Gasteiger partial charge is 0.475 e. The van der Waals surface area contributed by atoms with Crippen molar-refractivity contribution < 1.29 is 18.8 Å². The van der Waals surface area contributed by atoms with Crippen molar-refractivity contribution in [1.82, 2.24) is 10.1 Å². The standard InChI is InChI=1S/C13H9FN2O3/c1-6-5-15-12-8(6)2-7(3-9(12)14)10-4-11(13(17)18)19-16-10/h2-5,15H,1H3,(H,17,18). The third kappa shape index (κ3) is 1.77. The van der Waals surface area contributed by atoms with Gasteiger partial charge in [0.25, 0.3) is 0 Å². The van der Waals surface area contributed by atoms with E-state index in [9.17, 15) is 9.18 Å². The zero-order valence-corrected chi connectivity index (χ0v) is 9.90. The van der Waals surface area contributed by atoms with Crippen LogP contribution in [0, 0.1) is 12.7 Å². The van der Waals surface area contributed by atoms with Crippen molar-refractivity contribution in [2.45, 2.75) is 6.92 Å². The number of rotatable bonds is 2. The number of hydrogen-bond acceptors (Lipinski definition) is 3. The van der Waals surface area contributed by atoms with Crippen LogP contribution in [0.4, 0.5) is 4.39 Å². The number of nitrogens with one attached hydrogen (secondary N) is 1. The van der Waals surface area contributed by atoms with Gasteiger partial charge in [-0.05, 0) is 24.6 Å². The molecule has 0 aliphatic carbocycles. The number of carbonyl (C=O) groups is 1. The summed E-state index contributed by atoms with van der Waals surface area (Å²) in [5.74, 6) is -1.90. The Labute approximate surface area is 106 Å². The van der Waals surface area contributed by atoms with Gasteiger partial charge in [-0.1, -0.05) is 5.16 Å². The van der Waals surface area contributed by atoms with Crippen LogP contribution >= 0.6 is 0 Å². The fourth-order valence-corrected chi connectivity index (χ4v) is 1.98. The van der Waals surface area contributed by atoms with Gasteiger partial charge in [-0.15, -0.1) is 0 Å². The molecular formula is C13H9FN2O3. The topological polar surface area (TPSA) is 79.1 Å². The van der Waals surface area contributed by atoms with E-state index in [1.807, 2.05) is 6.92 Å². The normalized spacial score (nSPS) is 11.1. The Kier molecular flexibility index (Phi) is 2.38. The van der Waals surface area contributed by atoms with Crippen LogP contribution in [0.15, 0.2) is 28.9 Å². The molecular weight excluding hydrogens is 251 g/mol. The Balaban J connectivity index is 2.18. The Morgan fingerprint density at radius 2 is 2.21 bits per heavy atom. The van der Waals surface area contributed by atoms with Gasteiger partial charge >= 0.3 is 5.97 Å². The second-order valence-electron chi connectivity index (χ2n) is 4.23. The zero-order chi connectivity index (χ0) is 13.6. The van der Waals surface area contributed by atoms with E-state index in [1.165, 1.54) is 12.1 Å². The van der Waals surface area contributed by atoms with Crippen molar-refractivity contribution in [3.8, 4) is 11.3 Å². The second kappa shape index (κ2) is 3.94. The first-order valence-electron chi connectivity index (χ1n) is 5.54. The third-order valence-electron chi connectivity index (χ3n) is 2.96. The lowest BCUT2D eigenvalue weighted by molar-refractivity contribution is 0.0652. The van der Waals surface area contributed by atoms with Crippen molar-refractivity contribution in [3.63, 3.8) is 0 Å². The van der Waals surface area contributed by atoms with E-state index in [0.717, 1.165) is 10.9 Å². The van der Waals surface area contributed by atoms with Crippen molar-refractivity contribution in [3.05, 3.63) is 41.5 Å². The van der Waals surface area contributed by atoms with E-state index in [2.05, 4.69) is 14.7 Å². The maximum Gasteiger partial charge on any atom is 0.374 e. The van der Waals surface area contributed by atoms with Crippen molar-refractivity contribution in [1.29, 1.82) is 0 Å². The minimum absolute atomic E-state index is 0.277. The van der Waals surface area contributed by atoms with Crippen LogP contribution in [0.5, 0.6) is 0 Å². The van der Waals surface area contributed by atoms with E-state index in [1.54, 1.807) is 12.3 Å². The molecule has 2 heterocycles. The van der Waals surface area contributed by atoms with Crippen LogP contribution in [-0.2, 0) is 0 Å². The number of carboxylic acid groups (broad SMARTS) is 1. The fourth-order valence-electron chi connectivity index (χ4n) is 1.98. The molecule has 2 aromatic heterocycles. The highest BCUT2D eigenvalue weighted by molar-refractivity contribution is 5.89. The quantitative estimate of drug-likeness (QED) is 0.742. The van der Waals surface area contributed by atoms with Gasteiger partial charge in [0.1, 0.15) is 11.5 Å². The molecule has 0 unspecified atom stereocenters. The van der Waals surface area contributed by atoms with Crippen molar-refractivity contribution >= 4 is 16.9 Å². The Bertz CT molecular complexity index is 788. The molecule has 2 N–H and O–H groups in total. The zero-order valence-electron chi connectivity index (χ0n) is 9.90. The van der Waals surface area contributed by atoms with Gasteiger partial charge in [-0.2, -0.15) is 0 Å². The summed E-state index contributed by atoms with van der Waals surface area (Å²) < 4.78 is 18.6. The number of H-pyrrole nitrogens is 1. The highest BCUT2D eigenvalue weighted by Gasteiger charge is 2.15. The van der Waals surface area contributed by atoms with Crippen LogP contribution in [0.2, 0.25) is 0 Å². The van der Waals surface area contributed by atoms with E-state index in [4.69, 9.17) is 5.11 Å². The highest BCUT2D eigenvalue weighted by atomic mass is 19.1. The summed E-state index contributed by atoms with van der Waals surface area (Å²) in [4.78, 5) is 13.6. The fraction of sp³-hybridized carbons (Fsp3) is 0.0769. The molecule has 19 heavy (non-hydrogen) atoms. The maximum atomic E-state index is 13.9. The van der Waals surface area contributed by atoms with E-state index in [0.29, 0.717) is 16.8 Å². The number of nitrogens with zero attached hydrogens (tertiary/aromatic N) is 1. The van der Waals surface area contributed by atoms with E-state index < -0.39 is 11.8 Å². The van der Waals surface area contributed by atoms with Gasteiger partial charge in [0, 0.05) is 23.2 Å². The number of aryl methyl sites for hydroxylation is 1. The highest BCUT2D eigenvalue weighted by Crippen LogP contribution is 2.28. The molecule has 6 heteroatoms. The average molecular weight is 260 g/mol. The third-order valence-corrected chi connectivity index (χ3v) is 2.96. The summed E-state index contributed by atoms with van der Waals surface area (Å²) in [5.41, 5.74) is 2.09. The summed E-state index contributed by atoms with van der Waals surface area (Å²) >= 11 is 0. The van der Waals surface area contributed by atoms with Gasteiger partial charge in [0.15, 0.2) is 0 Å². The van der Waals surface area contributed by atoms with Crippen LogP contribution < -0.4 is 0 Å². The van der Waals surface area contributed by atoms with Crippen LogP contribution in [0.25, 0.3) is 22.2 Å². The first-order chi connectivity index (χ1) is 9.06. The molecule has 0 aliphatic rings. The van der Waals surface area contributed by atoms with Gasteiger partial charge < -0.3 is 14.6 Å². The summed E-state index contributed by atoms with van der Waals surface area (Å²) in [6, 6.07) is 4.31. The van der Waals surface area contributed by atoms with Gasteiger partial charge in [0.2, 0.25) is 5.76 Å². The van der Waals surface area contributed by atoms with E-state index in [-0.39, 0.29) is 5.76 Å². The lowest BCUT2D eigenvalue weighted by Crippen LogP contribution is -1.91. The molecule has 0 saturated carbocycles. The molecule has 5 nitrogen and oxygen atoms in total. The second-order valence-corrected chi connectivity index (χ2v) is 4.23. The number of benzene rings is 1. The van der Waals surface area contributed by atoms with E-state index >= 15 is 0 Å². The lowest BCUT2D eigenvalue weighted by atomic mass is 10.1. The molecule has 0 amide bonds. The molecule has 0 atom stereocenters. The summed E-state index contributed by atoms with van der Waals surface area (Å²) in [5, 5.41) is 13.1. The first kappa shape index (κ1) is 11.5. The molecule has 3 rings (SSSR count). The number of aromatic amines is 1. The molecule has 1 aromatic carbocycles. The van der Waals surface area contributed by atoms with Gasteiger partial charge in [-0.3, -0.25) is 0 Å². The minimum Gasteiger partial charge on any atom is -0.475 e. The lowest BCUT2D eigenvalue weighted by Gasteiger charge is -1.99. The summed E-state index contributed by atoms with van der Waals surface area (Å²) in [6.07, 6.45) is 1.71. The molecule has 96 valence electrons. The first-order valence-corrected chi connectivity index (χ1v) is 5.54. The molecule has 0 radical (unpaired) electrons. The van der Waals surface area contributed by atoms with Crippen LogP contribution in [-0.4, -0.2) is 21.2 Å². The summed E-state index contributed by atoms with van der Waals surface area (Å²) in [7, 11) is 0. The number of aromatic nitrogens is 2. The molecule has 0 fully saturated rings. The SMILES string of the molecule is Cc1c[nH]c2c(F)cc(-c3cc(C(=O)O)on3)cc12. The predicted octanol–water partition coefficient (Wildman–Crippen LogP) is 2.97. The Hall–Kier alpha value is -2.63. The number of carboxylic acids is 1. The molecule has 3 aromatic rings. The summed E-state index contributed by atoms with van der Waals surface area (Å²) in [6.45, 7) is 1.85. The molecule has 0 saturated heterocycles. The van der Waals surface area contributed by atoms with Crippen molar-refractivity contribution in [2.75, 3.05) is 0 Å². The molecule has 0 spiro atoms. The van der Waals surface area contributed by atoms with Crippen molar-refractivity contribution in [2.24, 2.45) is 0 Å². The van der Waals surface area contributed by atoms with Crippen LogP contribution in [0.1, 0.15) is 16.1 Å². The molecule has 0 aliphatic heterocycles. The van der Waals surface area contributed by atoms with Gasteiger partial charge in [-0.25, -0.2) is 9.18 Å². The van der Waals surface area contributed by atoms with Gasteiger partial charge in [0.05, 0.1) is 5.52 Å². The number of halogens is 1. The Morgan fingerprint density at radius 1 is 1.42 bits per heavy atom. The monoisotopic (exact) mass is 260 g/mol. The maximum absolute atomic E-state index is 13.9. The molecule has 0 bridgehead atoms. The average Bonchev–Trinajstić information content (AvgIpc) is 2.97. The Morgan fingerprint density at radius 3 is 2.89 bits per heavy atom. The predicted molar refractivity (Wildman–Crippen MR) is 65.5 cm³/mol. The number of fused-ring (bicyclic) bond motifs is 1. The number of aromatic carboxylic acids is 1. The van der Waals surface area contributed by atoms with Crippen LogP contribution in [0.3, 0.4) is 0 Å². The smallest absolute Gasteiger partial charge is 0.374 e. The number of hydrogen-bond donors (Lipinski definition) is 2. The minimum atomic E-state index is -1.21.